The number of hydrogen-bond donors (Lipinski definition) is 0. The number of guanidine groups is 1. The molecule has 0 unspecified atom stereocenters. The number of nitrogens with zero attached hydrogens (tertiary/aromatic N) is 6. The maximum Gasteiger partial charge on any atom is 0.298 e. The van der Waals surface area contributed by atoms with E-state index in [9.17, 15) is 10.1 Å². The lowest BCUT2D eigenvalue weighted by Gasteiger charge is -2.14. The summed E-state index contributed by atoms with van der Waals surface area (Å²) < 4.78 is 0.424. The maximum atomic E-state index is 10.5. The van der Waals surface area contributed by atoms with Crippen molar-refractivity contribution in [2.75, 3.05) is 21.1 Å². The Balaban J connectivity index is 2.82. The molecule has 1 aromatic rings. The molecule has 0 saturated carbocycles. The van der Waals surface area contributed by atoms with E-state index in [1.807, 2.05) is 0 Å². The van der Waals surface area contributed by atoms with Crippen LogP contribution in [0.4, 0.5) is 0 Å². The van der Waals surface area contributed by atoms with Crippen LogP contribution in [0.15, 0.2) is 16.3 Å². The predicted octanol–water partition coefficient (Wildman–Crippen LogP) is 1.37. The SMILES string of the molecule is CN(C)C=NC(=N[N+](=O)[O-])N(C)Cc1cnc(Cl)s1. The van der Waals surface area contributed by atoms with Gasteiger partial charge in [-0.3, -0.25) is 0 Å². The van der Waals surface area contributed by atoms with Crippen LogP contribution in [0.3, 0.4) is 0 Å². The van der Waals surface area contributed by atoms with Crippen LogP contribution in [-0.4, -0.2) is 53.3 Å². The van der Waals surface area contributed by atoms with Gasteiger partial charge in [0.25, 0.3) is 5.96 Å². The molecule has 0 atom stereocenters. The van der Waals surface area contributed by atoms with Gasteiger partial charge in [-0.05, 0) is 0 Å². The predicted molar refractivity (Wildman–Crippen MR) is 75.2 cm³/mol. The van der Waals surface area contributed by atoms with Crippen molar-refractivity contribution >= 4 is 35.2 Å². The van der Waals surface area contributed by atoms with E-state index < -0.39 is 5.03 Å². The highest BCUT2D eigenvalue weighted by molar-refractivity contribution is 7.15. The van der Waals surface area contributed by atoms with E-state index in [-0.39, 0.29) is 5.96 Å². The molecule has 0 aliphatic heterocycles. The first-order chi connectivity index (χ1) is 8.88. The third kappa shape index (κ3) is 5.62. The average molecular weight is 305 g/mol. The molecular weight excluding hydrogens is 292 g/mol. The molecule has 0 saturated heterocycles. The van der Waals surface area contributed by atoms with Crippen LogP contribution in [0.25, 0.3) is 0 Å². The molecule has 0 radical (unpaired) electrons. The molecule has 0 N–H and O–H groups in total. The summed E-state index contributed by atoms with van der Waals surface area (Å²) in [5, 5.41) is 13.0. The van der Waals surface area contributed by atoms with Gasteiger partial charge in [0.15, 0.2) is 9.50 Å². The topological polar surface area (TPSA) is 87.2 Å². The summed E-state index contributed by atoms with van der Waals surface area (Å²) in [4.78, 5) is 22.4. The smallest absolute Gasteiger partial charge is 0.298 e. The Morgan fingerprint density at radius 1 is 1.63 bits per heavy atom. The Morgan fingerprint density at radius 3 is 2.79 bits per heavy atom. The second-order valence-electron chi connectivity index (χ2n) is 3.78. The van der Waals surface area contributed by atoms with Gasteiger partial charge in [-0.25, -0.2) is 15.1 Å². The Labute approximate surface area is 119 Å². The van der Waals surface area contributed by atoms with Gasteiger partial charge in [-0.15, -0.1) is 11.3 Å². The molecule has 1 heterocycles. The molecule has 0 amide bonds. The van der Waals surface area contributed by atoms with Gasteiger partial charge in [-0.2, -0.15) is 4.99 Å². The Morgan fingerprint density at radius 2 is 2.32 bits per heavy atom. The monoisotopic (exact) mass is 304 g/mol. The second-order valence-corrected chi connectivity index (χ2v) is 5.48. The zero-order valence-electron chi connectivity index (χ0n) is 10.6. The molecule has 0 bridgehead atoms. The quantitative estimate of drug-likeness (QED) is 0.363. The molecule has 104 valence electrons. The summed E-state index contributed by atoms with van der Waals surface area (Å²) in [5.41, 5.74) is 0. The average Bonchev–Trinajstić information content (AvgIpc) is 2.69. The lowest BCUT2D eigenvalue weighted by atomic mass is 10.5. The fourth-order valence-electron chi connectivity index (χ4n) is 1.10. The van der Waals surface area contributed by atoms with Crippen molar-refractivity contribution in [1.82, 2.24) is 14.8 Å². The zero-order valence-corrected chi connectivity index (χ0v) is 12.2. The molecule has 0 aliphatic rings. The van der Waals surface area contributed by atoms with Gasteiger partial charge in [0, 0.05) is 32.2 Å². The fraction of sp³-hybridized carbons (Fsp3) is 0.444. The van der Waals surface area contributed by atoms with Crippen LogP contribution in [0, 0.1) is 10.1 Å². The largest absolute Gasteiger partial charge is 0.369 e. The van der Waals surface area contributed by atoms with Gasteiger partial charge in [0.05, 0.1) is 12.9 Å². The Kier molecular flexibility index (Phi) is 5.64. The number of thiazole rings is 1. The molecule has 0 fully saturated rings. The summed E-state index contributed by atoms with van der Waals surface area (Å²) in [6.07, 6.45) is 3.06. The van der Waals surface area contributed by atoms with E-state index in [0.717, 1.165) is 4.88 Å². The van der Waals surface area contributed by atoms with Crippen LogP contribution in [0.2, 0.25) is 4.47 Å². The van der Waals surface area contributed by atoms with E-state index in [1.54, 1.807) is 37.1 Å². The van der Waals surface area contributed by atoms with Gasteiger partial charge in [0.2, 0.25) is 0 Å². The molecule has 19 heavy (non-hydrogen) atoms. The van der Waals surface area contributed by atoms with E-state index in [4.69, 9.17) is 11.6 Å². The molecule has 8 nitrogen and oxygen atoms in total. The zero-order chi connectivity index (χ0) is 14.4. The number of hydrogen-bond acceptors (Lipinski definition) is 4. The summed E-state index contributed by atoms with van der Waals surface area (Å²) in [7, 11) is 5.18. The van der Waals surface area contributed by atoms with Crippen molar-refractivity contribution in [3.63, 3.8) is 0 Å². The van der Waals surface area contributed by atoms with Crippen LogP contribution in [-0.2, 0) is 6.54 Å². The number of halogens is 1. The van der Waals surface area contributed by atoms with Gasteiger partial charge in [0.1, 0.15) is 5.10 Å². The third-order valence-electron chi connectivity index (χ3n) is 1.84. The van der Waals surface area contributed by atoms with Crippen molar-refractivity contribution in [3.8, 4) is 0 Å². The highest BCUT2D eigenvalue weighted by Crippen LogP contribution is 2.19. The van der Waals surface area contributed by atoms with Gasteiger partial charge in [-0.1, -0.05) is 11.6 Å². The standard InChI is InChI=1S/C9H13ClN6O2S/c1-14(2)6-12-9(13-16(17)18)15(3)5-7-4-11-8(10)19-7/h4,6H,5H2,1-3H3. The summed E-state index contributed by atoms with van der Waals surface area (Å²) >= 11 is 7.03. The highest BCUT2D eigenvalue weighted by atomic mass is 35.5. The number of aliphatic imine (C=N–C) groups is 1. The lowest BCUT2D eigenvalue weighted by Crippen LogP contribution is -2.26. The van der Waals surface area contributed by atoms with Gasteiger partial charge < -0.3 is 9.80 Å². The van der Waals surface area contributed by atoms with E-state index >= 15 is 0 Å². The summed E-state index contributed by atoms with van der Waals surface area (Å²) in [6.45, 7) is 0.391. The van der Waals surface area contributed by atoms with Crippen LogP contribution in [0.5, 0.6) is 0 Å². The van der Waals surface area contributed by atoms with Crippen molar-refractivity contribution in [2.24, 2.45) is 10.1 Å². The third-order valence-corrected chi connectivity index (χ3v) is 2.93. The van der Waals surface area contributed by atoms with Crippen LogP contribution >= 0.6 is 22.9 Å². The normalized spacial score (nSPS) is 11.9. The van der Waals surface area contributed by atoms with Crippen molar-refractivity contribution in [3.05, 3.63) is 25.7 Å². The first kappa shape index (κ1) is 15.3. The minimum atomic E-state index is -0.779. The van der Waals surface area contributed by atoms with Crippen molar-refractivity contribution in [2.45, 2.75) is 6.54 Å². The van der Waals surface area contributed by atoms with Gasteiger partial charge >= 0.3 is 0 Å². The minimum Gasteiger partial charge on any atom is -0.369 e. The van der Waals surface area contributed by atoms with Crippen molar-refractivity contribution < 1.29 is 5.03 Å². The second kappa shape index (κ2) is 7.00. The molecule has 0 spiro atoms. The van der Waals surface area contributed by atoms with E-state index in [0.29, 0.717) is 11.0 Å². The van der Waals surface area contributed by atoms with E-state index in [1.165, 1.54) is 17.7 Å². The van der Waals surface area contributed by atoms with Crippen molar-refractivity contribution in [1.29, 1.82) is 0 Å². The Hall–Kier alpha value is -1.74. The van der Waals surface area contributed by atoms with Crippen LogP contribution < -0.4 is 0 Å². The summed E-state index contributed by atoms with van der Waals surface area (Å²) in [6, 6.07) is 0. The highest BCUT2D eigenvalue weighted by Gasteiger charge is 2.12. The first-order valence-corrected chi connectivity index (χ1v) is 6.33. The molecular formula is C9H13ClN6O2S. The maximum absolute atomic E-state index is 10.5. The number of nitro groups is 1. The number of aromatic nitrogens is 1. The first-order valence-electron chi connectivity index (χ1n) is 5.13. The van der Waals surface area contributed by atoms with E-state index in [2.05, 4.69) is 15.1 Å². The fourth-order valence-corrected chi connectivity index (χ4v) is 2.13. The molecule has 10 heteroatoms. The molecule has 1 rings (SSSR count). The minimum absolute atomic E-state index is 0.00298. The molecule has 1 aromatic heterocycles. The number of hydrazone groups is 1. The molecule has 0 aliphatic carbocycles. The molecule has 0 aromatic carbocycles. The lowest BCUT2D eigenvalue weighted by molar-refractivity contribution is -0.485. The Bertz CT molecular complexity index is 501. The summed E-state index contributed by atoms with van der Waals surface area (Å²) in [5.74, 6) is 0.00298. The van der Waals surface area contributed by atoms with Crippen LogP contribution in [0.1, 0.15) is 4.88 Å². The number of rotatable bonds is 4.